The molecule has 2 unspecified atom stereocenters. The molecule has 1 amide bonds. The van der Waals surface area contributed by atoms with Gasteiger partial charge in [-0.2, -0.15) is 0 Å². The van der Waals surface area contributed by atoms with Crippen molar-refractivity contribution in [1.82, 2.24) is 5.32 Å². The Balaban J connectivity index is 1.61. The number of unbranched alkanes of at least 4 members (excludes halogenated alkanes) is 3. The van der Waals surface area contributed by atoms with Crippen molar-refractivity contribution in [3.05, 3.63) is 76.9 Å². The van der Waals surface area contributed by atoms with Gasteiger partial charge in [0.05, 0.1) is 0 Å². The molecule has 2 N–H and O–H groups in total. The fourth-order valence-corrected chi connectivity index (χ4v) is 5.92. The maximum absolute atomic E-state index is 13.7. The highest BCUT2D eigenvalue weighted by Gasteiger charge is 2.39. The minimum Gasteiger partial charge on any atom is -0.458 e. The highest BCUT2D eigenvalue weighted by molar-refractivity contribution is 5.89. The Labute approximate surface area is 305 Å². The van der Waals surface area contributed by atoms with Crippen LogP contribution in [0.3, 0.4) is 0 Å². The van der Waals surface area contributed by atoms with E-state index in [0.29, 0.717) is 13.0 Å². The summed E-state index contributed by atoms with van der Waals surface area (Å²) in [5.74, 6) is -1.93. The van der Waals surface area contributed by atoms with Crippen LogP contribution in [0.2, 0.25) is 0 Å². The maximum Gasteiger partial charge on any atom is 0.339 e. The summed E-state index contributed by atoms with van der Waals surface area (Å²) < 4.78 is 22.9. The van der Waals surface area contributed by atoms with Crippen molar-refractivity contribution >= 4 is 34.3 Å². The molecule has 0 saturated heterocycles. The second-order valence-electron chi connectivity index (χ2n) is 15.3. The smallest absolute Gasteiger partial charge is 0.339 e. The van der Waals surface area contributed by atoms with Gasteiger partial charge in [-0.15, -0.1) is 0 Å². The zero-order chi connectivity index (χ0) is 37.6. The third-order valence-corrected chi connectivity index (χ3v) is 8.08. The Morgan fingerprint density at radius 2 is 1.33 bits per heavy atom. The summed E-state index contributed by atoms with van der Waals surface area (Å²) >= 11 is 0. The van der Waals surface area contributed by atoms with Crippen molar-refractivity contribution in [3.8, 4) is 0 Å². The Hall–Kier alpha value is -3.95. The van der Waals surface area contributed by atoms with Crippen LogP contribution in [0.25, 0.3) is 10.8 Å². The minimum absolute atomic E-state index is 0.201. The first-order valence-corrected chi connectivity index (χ1v) is 18.3. The van der Waals surface area contributed by atoms with Gasteiger partial charge in [-0.05, 0) is 122 Å². The number of esters is 2. The van der Waals surface area contributed by atoms with Crippen molar-refractivity contribution in [2.45, 2.75) is 124 Å². The molecule has 0 aliphatic rings. The van der Waals surface area contributed by atoms with Crippen LogP contribution in [0, 0.1) is 20.8 Å². The quantitative estimate of drug-likeness (QED) is 0.0956. The first-order valence-electron chi connectivity index (χ1n) is 18.3. The molecule has 3 aromatic rings. The van der Waals surface area contributed by atoms with Gasteiger partial charge in [0, 0.05) is 25.4 Å². The van der Waals surface area contributed by atoms with Crippen molar-refractivity contribution in [2.75, 3.05) is 31.6 Å². The van der Waals surface area contributed by atoms with Gasteiger partial charge in [0.15, 0.2) is 12.2 Å². The fraction of sp³-hybridized carbons (Fsp3) is 0.548. The number of carbonyl (C=O) groups excluding carboxylic acids is 3. The van der Waals surface area contributed by atoms with Crippen molar-refractivity contribution < 1.29 is 33.3 Å². The second kappa shape index (κ2) is 19.6. The highest BCUT2D eigenvalue weighted by atomic mass is 16.6. The van der Waals surface area contributed by atoms with Gasteiger partial charge in [-0.3, -0.25) is 4.79 Å². The van der Waals surface area contributed by atoms with Gasteiger partial charge in [-0.25, -0.2) is 9.59 Å². The van der Waals surface area contributed by atoms with E-state index in [1.807, 2.05) is 12.1 Å². The van der Waals surface area contributed by atoms with Crippen molar-refractivity contribution in [1.29, 1.82) is 0 Å². The SMILES string of the molecule is Cc1cc(C)c(NCCCCOC(C(=O)NCCCCCc2ccc3ccccc3c2)C(OCC(=O)OC(C)(C)C)C(=O)OC(C)(C)C)c(C)c1. The lowest BCUT2D eigenvalue weighted by atomic mass is 10.0. The Morgan fingerprint density at radius 3 is 2.00 bits per heavy atom. The van der Waals surface area contributed by atoms with Crippen LogP contribution in [0.15, 0.2) is 54.6 Å². The summed E-state index contributed by atoms with van der Waals surface area (Å²) in [5, 5.41) is 8.91. The minimum atomic E-state index is -1.47. The van der Waals surface area contributed by atoms with E-state index in [-0.39, 0.29) is 6.61 Å². The summed E-state index contributed by atoms with van der Waals surface area (Å²) in [6.07, 6.45) is 2.19. The fourth-order valence-electron chi connectivity index (χ4n) is 5.92. The van der Waals surface area contributed by atoms with Crippen molar-refractivity contribution in [2.24, 2.45) is 0 Å². The molecular formula is C42H60N2O7. The molecule has 3 aromatic carbocycles. The molecule has 0 heterocycles. The molecule has 0 fully saturated rings. The number of hydrogen-bond acceptors (Lipinski definition) is 8. The van der Waals surface area contributed by atoms with Gasteiger partial charge >= 0.3 is 11.9 Å². The maximum atomic E-state index is 13.7. The molecule has 0 radical (unpaired) electrons. The van der Waals surface area contributed by atoms with E-state index in [1.54, 1.807) is 41.5 Å². The van der Waals surface area contributed by atoms with Crippen molar-refractivity contribution in [3.63, 3.8) is 0 Å². The number of amides is 1. The lowest BCUT2D eigenvalue weighted by Crippen LogP contribution is -2.51. The molecule has 0 spiro atoms. The molecule has 0 aliphatic carbocycles. The summed E-state index contributed by atoms with van der Waals surface area (Å²) in [6, 6.07) is 19.2. The standard InChI is InChI=1S/C42H60N2O7/c1-29-25-30(2)36(31(3)26-29)43-22-15-16-24-48-37(38(40(47)51-42(7,8)9)49-28-35(45)50-41(4,5)6)39(46)44-23-14-10-11-17-32-20-21-33-18-12-13-19-34(33)27-32/h12-13,18-21,25-27,37-38,43H,10-11,14-17,22-24,28H2,1-9H3,(H,44,46). The number of fused-ring (bicyclic) bond motifs is 1. The third-order valence-electron chi connectivity index (χ3n) is 8.08. The molecule has 0 aliphatic heterocycles. The molecule has 9 heteroatoms. The van der Waals surface area contributed by atoms with Gasteiger partial charge in [0.25, 0.3) is 5.91 Å². The topological polar surface area (TPSA) is 112 Å². The number of anilines is 1. The van der Waals surface area contributed by atoms with Crippen LogP contribution in [-0.4, -0.2) is 67.6 Å². The number of ether oxygens (including phenoxy) is 4. The average Bonchev–Trinajstić information content (AvgIpc) is 3.02. The molecule has 0 saturated carbocycles. The Kier molecular flexibility index (Phi) is 15.9. The molecule has 51 heavy (non-hydrogen) atoms. The average molecular weight is 705 g/mol. The van der Waals surface area contributed by atoms with Gasteiger partial charge < -0.3 is 29.6 Å². The lowest BCUT2D eigenvalue weighted by molar-refractivity contribution is -0.187. The number of benzene rings is 3. The summed E-state index contributed by atoms with van der Waals surface area (Å²) in [4.78, 5) is 39.7. The molecule has 9 nitrogen and oxygen atoms in total. The first kappa shape index (κ1) is 41.5. The number of carbonyl (C=O) groups is 3. The predicted octanol–water partition coefficient (Wildman–Crippen LogP) is 7.94. The van der Waals surface area contributed by atoms with Gasteiger partial charge in [0.1, 0.15) is 17.8 Å². The predicted molar refractivity (Wildman–Crippen MR) is 204 cm³/mol. The van der Waals surface area contributed by atoms with Gasteiger partial charge in [0.2, 0.25) is 0 Å². The van der Waals surface area contributed by atoms with E-state index < -0.39 is 47.9 Å². The largest absolute Gasteiger partial charge is 0.458 e. The zero-order valence-electron chi connectivity index (χ0n) is 32.3. The number of nitrogens with one attached hydrogen (secondary N) is 2. The van der Waals surface area contributed by atoms with E-state index in [1.165, 1.54) is 33.0 Å². The van der Waals surface area contributed by atoms with E-state index in [4.69, 9.17) is 18.9 Å². The highest BCUT2D eigenvalue weighted by Crippen LogP contribution is 2.22. The normalized spacial score (nSPS) is 13.0. The van der Waals surface area contributed by atoms with E-state index >= 15 is 0 Å². The van der Waals surface area contributed by atoms with E-state index in [9.17, 15) is 14.4 Å². The number of rotatable bonds is 19. The second-order valence-corrected chi connectivity index (χ2v) is 15.3. The molecule has 0 aromatic heterocycles. The Bertz CT molecular complexity index is 1570. The number of hydrogen-bond donors (Lipinski definition) is 2. The van der Waals surface area contributed by atoms with Crippen LogP contribution < -0.4 is 10.6 Å². The number of aryl methyl sites for hydroxylation is 4. The lowest BCUT2D eigenvalue weighted by Gasteiger charge is -2.29. The summed E-state index contributed by atoms with van der Waals surface area (Å²) in [6.45, 7) is 17.5. The summed E-state index contributed by atoms with van der Waals surface area (Å²) in [5.41, 5.74) is 4.42. The van der Waals surface area contributed by atoms with Crippen LogP contribution in [0.5, 0.6) is 0 Å². The molecule has 3 rings (SSSR count). The Morgan fingerprint density at radius 1 is 0.686 bits per heavy atom. The molecule has 280 valence electrons. The van der Waals surface area contributed by atoms with Crippen LogP contribution >= 0.6 is 0 Å². The summed E-state index contributed by atoms with van der Waals surface area (Å²) in [7, 11) is 0. The third kappa shape index (κ3) is 15.1. The first-order chi connectivity index (χ1) is 24.0. The van der Waals surface area contributed by atoms with E-state index in [2.05, 4.69) is 73.9 Å². The molecular weight excluding hydrogens is 644 g/mol. The molecule has 0 bridgehead atoms. The van der Waals surface area contributed by atoms with Crippen LogP contribution in [-0.2, 0) is 39.8 Å². The monoisotopic (exact) mass is 704 g/mol. The zero-order valence-corrected chi connectivity index (χ0v) is 32.3. The van der Waals surface area contributed by atoms with Crippen LogP contribution in [0.1, 0.15) is 95.9 Å². The van der Waals surface area contributed by atoms with E-state index in [0.717, 1.165) is 44.3 Å². The molecule has 2 atom stereocenters. The van der Waals surface area contributed by atoms with Crippen LogP contribution in [0.4, 0.5) is 5.69 Å². The van der Waals surface area contributed by atoms with Gasteiger partial charge in [-0.1, -0.05) is 66.6 Å².